The van der Waals surface area contributed by atoms with Gasteiger partial charge in [-0.3, -0.25) is 10.3 Å². The van der Waals surface area contributed by atoms with Crippen molar-refractivity contribution in [3.05, 3.63) is 90.5 Å². The Morgan fingerprint density at radius 3 is 2.40 bits per heavy atom. The smallest absolute Gasteiger partial charge is 0.324 e. The molecule has 2 amide bonds. The van der Waals surface area contributed by atoms with E-state index in [-0.39, 0.29) is 11.4 Å². The summed E-state index contributed by atoms with van der Waals surface area (Å²) >= 11 is 2.02. The van der Waals surface area contributed by atoms with Crippen LogP contribution in [0.15, 0.2) is 79.1 Å². The van der Waals surface area contributed by atoms with Crippen molar-refractivity contribution in [2.75, 3.05) is 27.5 Å². The van der Waals surface area contributed by atoms with E-state index in [0.717, 1.165) is 50.5 Å². The molecule has 8 nitrogen and oxygen atoms in total. The normalized spacial score (nSPS) is 14.0. The second-order valence-electron chi connectivity index (χ2n) is 12.0. The zero-order chi connectivity index (χ0) is 30.0. The fourth-order valence-corrected chi connectivity index (χ4v) is 6.34. The lowest BCUT2D eigenvalue weighted by atomic mass is 9.92. The number of anilines is 3. The van der Waals surface area contributed by atoms with Crippen LogP contribution in [0.25, 0.3) is 27.6 Å². The summed E-state index contributed by atoms with van der Waals surface area (Å²) < 4.78 is 1.73. The number of hydrogen-bond acceptors (Lipinski definition) is 6. The van der Waals surface area contributed by atoms with E-state index in [0.29, 0.717) is 11.9 Å². The van der Waals surface area contributed by atoms with Gasteiger partial charge in [0.25, 0.3) is 0 Å². The molecule has 3 aromatic heterocycles. The van der Waals surface area contributed by atoms with E-state index < -0.39 is 0 Å². The van der Waals surface area contributed by atoms with Gasteiger partial charge in [-0.05, 0) is 72.6 Å². The van der Waals surface area contributed by atoms with Crippen molar-refractivity contribution >= 4 is 45.9 Å². The van der Waals surface area contributed by atoms with E-state index in [9.17, 15) is 4.79 Å². The third-order valence-electron chi connectivity index (χ3n) is 7.68. The number of aromatic nitrogens is 4. The summed E-state index contributed by atoms with van der Waals surface area (Å²) in [7, 11) is 0. The van der Waals surface area contributed by atoms with Gasteiger partial charge in [-0.1, -0.05) is 51.1 Å². The van der Waals surface area contributed by atoms with E-state index in [4.69, 9.17) is 10.1 Å². The standard InChI is InChI=1S/C34H37N7OS/c1-22-9-11-25(21-35-22)41-32(19-30(40-41)34(2,3)4)39-33(42)38-29-13-12-26(27-7-5-6-8-28(27)29)23-10-14-31(36-20-23)37-24-15-17-43-18-16-24/h5-14,19-21,24H,15-18H2,1-4H3,(H,36,37)(H2,38,39,42). The SMILES string of the molecule is Cc1ccc(-n2nc(C(C)(C)C)cc2NC(=O)Nc2ccc(-c3ccc(NC4CCSCC4)nc3)c3ccccc23)cn1. The van der Waals surface area contributed by atoms with E-state index in [1.165, 1.54) is 24.3 Å². The molecule has 0 radical (unpaired) electrons. The number of thioether (sulfide) groups is 1. The lowest BCUT2D eigenvalue weighted by Gasteiger charge is -2.23. The number of urea groups is 1. The molecule has 43 heavy (non-hydrogen) atoms. The van der Waals surface area contributed by atoms with Crippen molar-refractivity contribution in [2.24, 2.45) is 0 Å². The third-order valence-corrected chi connectivity index (χ3v) is 8.73. The molecule has 0 saturated carbocycles. The van der Waals surface area contributed by atoms with Crippen LogP contribution in [0.3, 0.4) is 0 Å². The van der Waals surface area contributed by atoms with Crippen LogP contribution in [0.2, 0.25) is 0 Å². The van der Waals surface area contributed by atoms with Gasteiger partial charge in [0.1, 0.15) is 11.6 Å². The summed E-state index contributed by atoms with van der Waals surface area (Å²) in [5.41, 5.74) is 5.18. The molecular weight excluding hydrogens is 554 g/mol. The summed E-state index contributed by atoms with van der Waals surface area (Å²) in [5, 5.41) is 16.5. The van der Waals surface area contributed by atoms with Gasteiger partial charge in [0.05, 0.1) is 23.3 Å². The summed E-state index contributed by atoms with van der Waals surface area (Å²) in [5.74, 6) is 3.88. The highest BCUT2D eigenvalue weighted by Gasteiger charge is 2.22. The van der Waals surface area contributed by atoms with Crippen LogP contribution in [-0.4, -0.2) is 43.3 Å². The van der Waals surface area contributed by atoms with E-state index in [2.05, 4.69) is 59.9 Å². The molecule has 0 unspecified atom stereocenters. The highest BCUT2D eigenvalue weighted by atomic mass is 32.2. The Morgan fingerprint density at radius 1 is 0.907 bits per heavy atom. The molecule has 1 aliphatic heterocycles. The molecule has 9 heteroatoms. The number of nitrogens with zero attached hydrogens (tertiary/aromatic N) is 4. The van der Waals surface area contributed by atoms with Crippen LogP contribution >= 0.6 is 11.8 Å². The number of pyridine rings is 2. The summed E-state index contributed by atoms with van der Waals surface area (Å²) in [6, 6.07) is 22.2. The predicted molar refractivity (Wildman–Crippen MR) is 179 cm³/mol. The van der Waals surface area contributed by atoms with Crippen molar-refractivity contribution in [2.45, 2.75) is 52.0 Å². The molecule has 0 atom stereocenters. The minimum atomic E-state index is -0.349. The Bertz CT molecular complexity index is 1730. The summed E-state index contributed by atoms with van der Waals surface area (Å²) in [4.78, 5) is 22.5. The van der Waals surface area contributed by atoms with E-state index in [1.807, 2.05) is 73.4 Å². The highest BCUT2D eigenvalue weighted by molar-refractivity contribution is 7.99. The van der Waals surface area contributed by atoms with Crippen LogP contribution in [0, 0.1) is 6.92 Å². The monoisotopic (exact) mass is 591 g/mol. The largest absolute Gasteiger partial charge is 0.367 e. The quantitative estimate of drug-likeness (QED) is 0.185. The molecule has 0 bridgehead atoms. The minimum absolute atomic E-state index is 0.194. The zero-order valence-electron chi connectivity index (χ0n) is 25.0. The molecular formula is C34H37N7OS. The van der Waals surface area contributed by atoms with Crippen LogP contribution in [-0.2, 0) is 5.41 Å². The molecule has 1 saturated heterocycles. The molecule has 1 fully saturated rings. The molecule has 2 aromatic carbocycles. The molecule has 5 aromatic rings. The van der Waals surface area contributed by atoms with Crippen LogP contribution in [0.5, 0.6) is 0 Å². The average Bonchev–Trinajstić information content (AvgIpc) is 3.43. The maximum Gasteiger partial charge on any atom is 0.324 e. The molecule has 6 rings (SSSR count). The maximum absolute atomic E-state index is 13.4. The number of benzene rings is 2. The van der Waals surface area contributed by atoms with Gasteiger partial charge in [-0.2, -0.15) is 16.9 Å². The Labute approximate surface area is 256 Å². The Morgan fingerprint density at radius 2 is 1.70 bits per heavy atom. The number of amides is 2. The number of carbonyl (C=O) groups excluding carboxylic acids is 1. The van der Waals surface area contributed by atoms with Gasteiger partial charge in [-0.15, -0.1) is 0 Å². The van der Waals surface area contributed by atoms with Crippen LogP contribution in [0.1, 0.15) is 45.0 Å². The average molecular weight is 592 g/mol. The molecule has 3 N–H and O–H groups in total. The van der Waals surface area contributed by atoms with Gasteiger partial charge in [0.2, 0.25) is 0 Å². The fraction of sp³-hybridized carbons (Fsp3) is 0.294. The number of rotatable bonds is 6. The Hall–Kier alpha value is -4.37. The van der Waals surface area contributed by atoms with Gasteiger partial charge in [0.15, 0.2) is 0 Å². The summed E-state index contributed by atoms with van der Waals surface area (Å²) in [6.07, 6.45) is 6.03. The van der Waals surface area contributed by atoms with Crippen LogP contribution < -0.4 is 16.0 Å². The van der Waals surface area contributed by atoms with Gasteiger partial charge in [-0.25, -0.2) is 14.5 Å². The minimum Gasteiger partial charge on any atom is -0.367 e. The first-order valence-corrected chi connectivity index (χ1v) is 15.8. The van der Waals surface area contributed by atoms with Crippen molar-refractivity contribution in [1.82, 2.24) is 19.7 Å². The first kappa shape index (κ1) is 28.7. The van der Waals surface area contributed by atoms with Crippen LogP contribution in [0.4, 0.5) is 22.1 Å². The highest BCUT2D eigenvalue weighted by Crippen LogP contribution is 2.34. The lowest BCUT2D eigenvalue weighted by Crippen LogP contribution is -2.24. The third kappa shape index (κ3) is 6.51. The van der Waals surface area contributed by atoms with E-state index >= 15 is 0 Å². The number of aryl methyl sites for hydroxylation is 1. The second kappa shape index (κ2) is 12.1. The number of fused-ring (bicyclic) bond motifs is 1. The molecule has 4 heterocycles. The Kier molecular flexibility index (Phi) is 8.08. The van der Waals surface area contributed by atoms with Crippen molar-refractivity contribution in [3.8, 4) is 16.8 Å². The second-order valence-corrected chi connectivity index (χ2v) is 13.2. The molecule has 0 spiro atoms. The van der Waals surface area contributed by atoms with Crippen molar-refractivity contribution < 1.29 is 4.79 Å². The maximum atomic E-state index is 13.4. The predicted octanol–water partition coefficient (Wildman–Crippen LogP) is 8.04. The van der Waals surface area contributed by atoms with Gasteiger partial charge in [0, 0.05) is 40.4 Å². The lowest BCUT2D eigenvalue weighted by molar-refractivity contribution is 0.262. The van der Waals surface area contributed by atoms with Crippen molar-refractivity contribution in [3.63, 3.8) is 0 Å². The Balaban J connectivity index is 1.24. The first-order chi connectivity index (χ1) is 20.7. The van der Waals surface area contributed by atoms with Crippen molar-refractivity contribution in [1.29, 1.82) is 0 Å². The van der Waals surface area contributed by atoms with E-state index in [1.54, 1.807) is 10.9 Å². The first-order valence-electron chi connectivity index (χ1n) is 14.7. The number of carbonyl (C=O) groups is 1. The molecule has 220 valence electrons. The summed E-state index contributed by atoms with van der Waals surface area (Å²) in [6.45, 7) is 8.23. The molecule has 1 aliphatic rings. The number of nitrogens with one attached hydrogen (secondary N) is 3. The topological polar surface area (TPSA) is 96.8 Å². The number of hydrogen-bond donors (Lipinski definition) is 3. The molecule has 0 aliphatic carbocycles. The zero-order valence-corrected chi connectivity index (χ0v) is 25.8. The van der Waals surface area contributed by atoms with Gasteiger partial charge < -0.3 is 10.6 Å². The van der Waals surface area contributed by atoms with Gasteiger partial charge >= 0.3 is 6.03 Å². The fourth-order valence-electron chi connectivity index (χ4n) is 5.24.